The molecule has 120 valence electrons. The Morgan fingerprint density at radius 2 is 1.20 bits per heavy atom. The molecule has 0 bridgehead atoms. The molecule has 12 heteroatoms. The van der Waals surface area contributed by atoms with Gasteiger partial charge >= 0.3 is 11.0 Å². The van der Waals surface area contributed by atoms with Crippen molar-refractivity contribution >= 4 is 19.7 Å². The van der Waals surface area contributed by atoms with E-state index in [0.717, 1.165) is 0 Å². The first-order chi connectivity index (χ1) is 8.55. The van der Waals surface area contributed by atoms with Gasteiger partial charge < -0.3 is 0 Å². The van der Waals surface area contributed by atoms with Gasteiger partial charge in [-0.1, -0.05) is 19.9 Å². The topological polar surface area (TPSA) is 68.3 Å². The molecule has 0 radical (unpaired) electrons. The van der Waals surface area contributed by atoms with Crippen LogP contribution in [0.25, 0.3) is 0 Å². The molecule has 0 aromatic heterocycles. The van der Waals surface area contributed by atoms with Crippen LogP contribution in [0.4, 0.5) is 26.3 Å². The van der Waals surface area contributed by atoms with Gasteiger partial charge in [-0.2, -0.15) is 26.3 Å². The van der Waals surface area contributed by atoms with Crippen molar-refractivity contribution in [2.75, 3.05) is 0 Å². The summed E-state index contributed by atoms with van der Waals surface area (Å²) in [6, 6.07) is 0. The predicted octanol–water partition coefficient (Wildman–Crippen LogP) is 2.74. The Labute approximate surface area is 111 Å². The summed E-state index contributed by atoms with van der Waals surface area (Å²) in [5, 5.41) is 0. The standard InChI is InChI=1S/C8H10F6O4S2/c1-5(2)3-4-6(19(15,16)7(9,10)11)20(17,18)8(12,13)14/h4-5H,3H2,1-2H3. The molecule has 0 aliphatic heterocycles. The van der Waals surface area contributed by atoms with Crippen LogP contribution in [0.2, 0.25) is 0 Å². The number of rotatable bonds is 4. The first kappa shape index (κ1) is 19.2. The molecule has 0 aromatic carbocycles. The van der Waals surface area contributed by atoms with Crippen molar-refractivity contribution in [1.29, 1.82) is 0 Å². The van der Waals surface area contributed by atoms with Gasteiger partial charge in [0.15, 0.2) is 4.24 Å². The third-order valence-corrected chi connectivity index (χ3v) is 5.82. The van der Waals surface area contributed by atoms with Crippen molar-refractivity contribution < 1.29 is 43.2 Å². The van der Waals surface area contributed by atoms with E-state index in [2.05, 4.69) is 0 Å². The maximum absolute atomic E-state index is 12.3. The normalized spacial score (nSPS) is 14.4. The van der Waals surface area contributed by atoms with Gasteiger partial charge in [-0.25, -0.2) is 16.8 Å². The van der Waals surface area contributed by atoms with Crippen molar-refractivity contribution in [2.45, 2.75) is 31.3 Å². The second kappa shape index (κ2) is 5.54. The van der Waals surface area contributed by atoms with E-state index in [9.17, 15) is 43.2 Å². The van der Waals surface area contributed by atoms with Gasteiger partial charge in [0.2, 0.25) is 0 Å². The minimum absolute atomic E-state index is 0.0731. The van der Waals surface area contributed by atoms with Crippen LogP contribution in [0, 0.1) is 5.92 Å². The molecule has 0 heterocycles. The second-order valence-electron chi connectivity index (χ2n) is 4.05. The number of halogens is 6. The second-order valence-corrected chi connectivity index (χ2v) is 8.13. The Hall–Kier alpha value is -0.780. The molecule has 0 saturated carbocycles. The molecular formula is C8H10F6O4S2. The zero-order chi connectivity index (χ0) is 16.6. The molecule has 0 aliphatic rings. The monoisotopic (exact) mass is 348 g/mol. The van der Waals surface area contributed by atoms with Crippen LogP contribution in [0.15, 0.2) is 10.3 Å². The Kier molecular flexibility index (Phi) is 5.33. The Morgan fingerprint density at radius 3 is 1.40 bits per heavy atom. The van der Waals surface area contributed by atoms with Crippen LogP contribution in [0.5, 0.6) is 0 Å². The molecule has 0 amide bonds. The highest BCUT2D eigenvalue weighted by atomic mass is 32.3. The Bertz CT molecular complexity index is 533. The summed E-state index contributed by atoms with van der Waals surface area (Å²) >= 11 is 0. The van der Waals surface area contributed by atoms with Crippen molar-refractivity contribution in [3.05, 3.63) is 10.3 Å². The lowest BCUT2D eigenvalue weighted by molar-refractivity contribution is -0.0444. The Balaban J connectivity index is 6.27. The number of hydrogen-bond acceptors (Lipinski definition) is 4. The van der Waals surface area contributed by atoms with Crippen LogP contribution >= 0.6 is 0 Å². The van der Waals surface area contributed by atoms with E-state index in [1.54, 1.807) is 0 Å². The van der Waals surface area contributed by atoms with E-state index in [4.69, 9.17) is 0 Å². The molecule has 0 saturated heterocycles. The maximum atomic E-state index is 12.3. The highest BCUT2D eigenvalue weighted by molar-refractivity contribution is 8.15. The summed E-state index contributed by atoms with van der Waals surface area (Å²) in [5.41, 5.74) is -12.3. The fourth-order valence-corrected chi connectivity index (χ4v) is 3.73. The van der Waals surface area contributed by atoms with Gasteiger partial charge in [0.1, 0.15) is 0 Å². The third kappa shape index (κ3) is 3.87. The first-order valence-electron chi connectivity index (χ1n) is 4.88. The van der Waals surface area contributed by atoms with Crippen LogP contribution in [-0.2, 0) is 19.7 Å². The lowest BCUT2D eigenvalue weighted by atomic mass is 10.1. The van der Waals surface area contributed by atoms with Crippen LogP contribution in [-0.4, -0.2) is 27.9 Å². The molecule has 0 spiro atoms. The van der Waals surface area contributed by atoms with Crippen molar-refractivity contribution in [3.63, 3.8) is 0 Å². The van der Waals surface area contributed by atoms with E-state index in [0.29, 0.717) is 0 Å². The van der Waals surface area contributed by atoms with Crippen molar-refractivity contribution in [2.24, 2.45) is 5.92 Å². The fraction of sp³-hybridized carbons (Fsp3) is 0.750. The zero-order valence-electron chi connectivity index (χ0n) is 10.1. The molecular weight excluding hydrogens is 338 g/mol. The van der Waals surface area contributed by atoms with E-state index in [1.807, 2.05) is 0 Å². The molecule has 0 rings (SSSR count). The largest absolute Gasteiger partial charge is 0.502 e. The van der Waals surface area contributed by atoms with Crippen LogP contribution in [0.1, 0.15) is 20.3 Å². The summed E-state index contributed by atoms with van der Waals surface area (Å²) in [4.78, 5) is 0. The molecule has 4 nitrogen and oxygen atoms in total. The van der Waals surface area contributed by atoms with Crippen molar-refractivity contribution in [1.82, 2.24) is 0 Å². The predicted molar refractivity (Wildman–Crippen MR) is 57.5 cm³/mol. The summed E-state index contributed by atoms with van der Waals surface area (Å²) in [5.74, 6) is -0.545. The summed E-state index contributed by atoms with van der Waals surface area (Å²) < 4.78 is 115. The molecule has 20 heavy (non-hydrogen) atoms. The highest BCUT2D eigenvalue weighted by Crippen LogP contribution is 2.39. The maximum Gasteiger partial charge on any atom is 0.502 e. The lowest BCUT2D eigenvalue weighted by Crippen LogP contribution is -2.34. The van der Waals surface area contributed by atoms with Crippen LogP contribution in [0.3, 0.4) is 0 Å². The minimum Gasteiger partial charge on any atom is -0.214 e. The summed E-state index contributed by atoms with van der Waals surface area (Å²) in [7, 11) is -13.2. The molecule has 0 atom stereocenters. The number of hydrogen-bond donors (Lipinski definition) is 0. The van der Waals surface area contributed by atoms with Gasteiger partial charge in [-0.15, -0.1) is 0 Å². The fourth-order valence-electron chi connectivity index (χ4n) is 0.924. The van der Waals surface area contributed by atoms with Gasteiger partial charge in [-0.3, -0.25) is 0 Å². The number of sulfone groups is 2. The number of alkyl halides is 6. The molecule has 0 aromatic rings. The van der Waals surface area contributed by atoms with E-state index in [-0.39, 0.29) is 6.08 Å². The van der Waals surface area contributed by atoms with Gasteiger partial charge in [0, 0.05) is 0 Å². The van der Waals surface area contributed by atoms with Gasteiger partial charge in [0.25, 0.3) is 19.7 Å². The first-order valence-corrected chi connectivity index (χ1v) is 7.84. The van der Waals surface area contributed by atoms with Crippen LogP contribution < -0.4 is 0 Å². The minimum atomic E-state index is -6.62. The third-order valence-electron chi connectivity index (χ3n) is 1.90. The smallest absolute Gasteiger partial charge is 0.214 e. The SMILES string of the molecule is CC(C)CC=C(S(=O)(=O)C(F)(F)F)S(=O)(=O)C(F)(F)F. The Morgan fingerprint density at radius 1 is 0.900 bits per heavy atom. The lowest BCUT2D eigenvalue weighted by Gasteiger charge is -2.14. The van der Waals surface area contributed by atoms with Crippen molar-refractivity contribution in [3.8, 4) is 0 Å². The van der Waals surface area contributed by atoms with Gasteiger partial charge in [-0.05, 0) is 12.3 Å². The average molecular weight is 348 g/mol. The molecule has 0 aliphatic carbocycles. The number of allylic oxidation sites excluding steroid dienone is 1. The van der Waals surface area contributed by atoms with E-state index >= 15 is 0 Å². The quantitative estimate of drug-likeness (QED) is 0.733. The molecule has 0 N–H and O–H groups in total. The van der Waals surface area contributed by atoms with E-state index in [1.165, 1.54) is 13.8 Å². The summed E-state index contributed by atoms with van der Waals surface area (Å²) in [6.45, 7) is 2.71. The van der Waals surface area contributed by atoms with E-state index < -0.39 is 47.3 Å². The summed E-state index contributed by atoms with van der Waals surface area (Å²) in [6.07, 6.45) is -0.656. The molecule has 0 fully saturated rings. The zero-order valence-corrected chi connectivity index (χ0v) is 11.7. The highest BCUT2D eigenvalue weighted by Gasteiger charge is 2.59. The molecule has 0 unspecified atom stereocenters. The average Bonchev–Trinajstić information content (AvgIpc) is 2.12. The van der Waals surface area contributed by atoms with Gasteiger partial charge in [0.05, 0.1) is 0 Å².